The average molecular weight is 362 g/mol. The van der Waals surface area contributed by atoms with Gasteiger partial charge in [0, 0.05) is 10.9 Å². The molecule has 0 radical (unpaired) electrons. The molecule has 0 N–H and O–H groups in total. The van der Waals surface area contributed by atoms with Gasteiger partial charge >= 0.3 is 0 Å². The Morgan fingerprint density at radius 1 is 0.923 bits per heavy atom. The third-order valence-corrected chi connectivity index (χ3v) is 4.93. The van der Waals surface area contributed by atoms with E-state index in [-0.39, 0.29) is 0 Å². The standard InChI is InChI=1S/C21H18N2O2S/c1-3-24-16-8-10-17(11-9-16)25-20-19-18(12-26-21(19)23-13-22-20)15-6-4-14(2)5-7-15/h4-13H,3H2,1-2H3. The van der Waals surface area contributed by atoms with E-state index in [9.17, 15) is 0 Å². The molecule has 0 amide bonds. The van der Waals surface area contributed by atoms with Crippen LogP contribution < -0.4 is 9.47 Å². The van der Waals surface area contributed by atoms with Gasteiger partial charge in [-0.25, -0.2) is 9.97 Å². The highest BCUT2D eigenvalue weighted by Gasteiger charge is 2.15. The van der Waals surface area contributed by atoms with Gasteiger partial charge in [0.05, 0.1) is 12.0 Å². The number of fused-ring (bicyclic) bond motifs is 1. The van der Waals surface area contributed by atoms with Crippen LogP contribution in [0, 0.1) is 6.92 Å². The molecule has 0 saturated carbocycles. The van der Waals surface area contributed by atoms with Crippen LogP contribution in [0.5, 0.6) is 17.4 Å². The molecule has 0 fully saturated rings. The van der Waals surface area contributed by atoms with E-state index < -0.39 is 0 Å². The van der Waals surface area contributed by atoms with Crippen molar-refractivity contribution in [2.24, 2.45) is 0 Å². The quantitative estimate of drug-likeness (QED) is 0.446. The zero-order chi connectivity index (χ0) is 17.9. The minimum atomic E-state index is 0.566. The van der Waals surface area contributed by atoms with Crippen LogP contribution in [-0.4, -0.2) is 16.6 Å². The molecular weight excluding hydrogens is 344 g/mol. The number of aromatic nitrogens is 2. The second kappa shape index (κ2) is 7.14. The van der Waals surface area contributed by atoms with Crippen LogP contribution in [0.1, 0.15) is 12.5 Å². The summed E-state index contributed by atoms with van der Waals surface area (Å²) in [6.07, 6.45) is 1.54. The maximum atomic E-state index is 6.07. The number of thiophene rings is 1. The first kappa shape index (κ1) is 16.5. The van der Waals surface area contributed by atoms with E-state index in [4.69, 9.17) is 9.47 Å². The molecule has 0 aliphatic rings. The van der Waals surface area contributed by atoms with Gasteiger partial charge in [-0.3, -0.25) is 0 Å². The first-order valence-corrected chi connectivity index (χ1v) is 9.32. The largest absolute Gasteiger partial charge is 0.494 e. The van der Waals surface area contributed by atoms with Crippen LogP contribution in [0.4, 0.5) is 0 Å². The second-order valence-electron chi connectivity index (χ2n) is 5.88. The van der Waals surface area contributed by atoms with E-state index in [1.54, 1.807) is 17.7 Å². The number of benzene rings is 2. The van der Waals surface area contributed by atoms with Gasteiger partial charge < -0.3 is 9.47 Å². The first-order valence-electron chi connectivity index (χ1n) is 8.44. The molecule has 0 unspecified atom stereocenters. The second-order valence-corrected chi connectivity index (χ2v) is 6.74. The molecule has 130 valence electrons. The van der Waals surface area contributed by atoms with E-state index in [1.807, 2.05) is 31.2 Å². The van der Waals surface area contributed by atoms with Crippen LogP contribution in [-0.2, 0) is 0 Å². The Hall–Kier alpha value is -2.92. The molecule has 2 aromatic carbocycles. The highest BCUT2D eigenvalue weighted by atomic mass is 32.1. The minimum absolute atomic E-state index is 0.566. The summed E-state index contributed by atoms with van der Waals surface area (Å²) in [7, 11) is 0. The number of hydrogen-bond acceptors (Lipinski definition) is 5. The lowest BCUT2D eigenvalue weighted by Gasteiger charge is -2.09. The zero-order valence-electron chi connectivity index (χ0n) is 14.6. The van der Waals surface area contributed by atoms with Crippen LogP contribution in [0.15, 0.2) is 60.2 Å². The Bertz CT molecular complexity index is 1020. The summed E-state index contributed by atoms with van der Waals surface area (Å²) in [5.41, 5.74) is 3.45. The molecule has 0 saturated heterocycles. The van der Waals surface area contributed by atoms with Gasteiger partial charge in [0.15, 0.2) is 0 Å². The molecule has 4 nitrogen and oxygen atoms in total. The average Bonchev–Trinajstić information content (AvgIpc) is 3.09. The van der Waals surface area contributed by atoms with Crippen molar-refractivity contribution in [3.8, 4) is 28.5 Å². The van der Waals surface area contributed by atoms with Gasteiger partial charge in [-0.1, -0.05) is 29.8 Å². The Labute approximate surface area is 156 Å². The van der Waals surface area contributed by atoms with Crippen LogP contribution >= 0.6 is 11.3 Å². The molecule has 0 bridgehead atoms. The Morgan fingerprint density at radius 3 is 2.38 bits per heavy atom. The summed E-state index contributed by atoms with van der Waals surface area (Å²) in [4.78, 5) is 9.69. The predicted octanol–water partition coefficient (Wildman–Crippen LogP) is 5.86. The summed E-state index contributed by atoms with van der Waals surface area (Å²) in [6.45, 7) is 4.69. The monoisotopic (exact) mass is 362 g/mol. The number of aryl methyl sites for hydroxylation is 1. The topological polar surface area (TPSA) is 44.2 Å². The summed E-state index contributed by atoms with van der Waals surface area (Å²) in [6, 6.07) is 16.0. The molecule has 4 aromatic rings. The maximum absolute atomic E-state index is 6.07. The fourth-order valence-electron chi connectivity index (χ4n) is 2.75. The van der Waals surface area contributed by atoms with E-state index in [0.29, 0.717) is 12.5 Å². The molecular formula is C21H18N2O2S. The van der Waals surface area contributed by atoms with E-state index in [0.717, 1.165) is 32.8 Å². The van der Waals surface area contributed by atoms with Crippen molar-refractivity contribution in [3.05, 3.63) is 65.8 Å². The number of ether oxygens (including phenoxy) is 2. The van der Waals surface area contributed by atoms with Gasteiger partial charge in [0.2, 0.25) is 5.88 Å². The lowest BCUT2D eigenvalue weighted by molar-refractivity contribution is 0.339. The number of rotatable bonds is 5. The van der Waals surface area contributed by atoms with Crippen LogP contribution in [0.2, 0.25) is 0 Å². The highest BCUT2D eigenvalue weighted by molar-refractivity contribution is 7.17. The predicted molar refractivity (Wildman–Crippen MR) is 105 cm³/mol. The first-order chi connectivity index (χ1) is 12.7. The number of hydrogen-bond donors (Lipinski definition) is 0. The Kier molecular flexibility index (Phi) is 4.54. The highest BCUT2D eigenvalue weighted by Crippen LogP contribution is 2.39. The maximum Gasteiger partial charge on any atom is 0.231 e. The molecule has 26 heavy (non-hydrogen) atoms. The van der Waals surface area contributed by atoms with E-state index >= 15 is 0 Å². The smallest absolute Gasteiger partial charge is 0.231 e. The van der Waals surface area contributed by atoms with E-state index in [2.05, 4.69) is 46.5 Å². The van der Waals surface area contributed by atoms with Crippen molar-refractivity contribution in [2.75, 3.05) is 6.61 Å². The summed E-state index contributed by atoms with van der Waals surface area (Å²) in [5.74, 6) is 2.11. The van der Waals surface area contributed by atoms with Crippen molar-refractivity contribution >= 4 is 21.6 Å². The summed E-state index contributed by atoms with van der Waals surface area (Å²) < 4.78 is 11.5. The van der Waals surface area contributed by atoms with Crippen molar-refractivity contribution < 1.29 is 9.47 Å². The van der Waals surface area contributed by atoms with Crippen molar-refractivity contribution in [3.63, 3.8) is 0 Å². The normalized spacial score (nSPS) is 10.8. The Balaban J connectivity index is 1.73. The SMILES string of the molecule is CCOc1ccc(Oc2ncnc3scc(-c4ccc(C)cc4)c23)cc1. The van der Waals surface area contributed by atoms with Gasteiger partial charge in [-0.2, -0.15) is 0 Å². The fourth-order valence-corrected chi connectivity index (χ4v) is 3.66. The molecule has 2 heterocycles. The van der Waals surface area contributed by atoms with Gasteiger partial charge in [-0.15, -0.1) is 11.3 Å². The third-order valence-electron chi connectivity index (χ3n) is 4.05. The van der Waals surface area contributed by atoms with Crippen LogP contribution in [0.3, 0.4) is 0 Å². The van der Waals surface area contributed by atoms with Gasteiger partial charge in [0.25, 0.3) is 0 Å². The minimum Gasteiger partial charge on any atom is -0.494 e. The van der Waals surface area contributed by atoms with Crippen LogP contribution in [0.25, 0.3) is 21.3 Å². The zero-order valence-corrected chi connectivity index (χ0v) is 15.4. The van der Waals surface area contributed by atoms with Gasteiger partial charge in [-0.05, 0) is 43.7 Å². The van der Waals surface area contributed by atoms with Crippen molar-refractivity contribution in [1.29, 1.82) is 0 Å². The molecule has 4 rings (SSSR count). The van der Waals surface area contributed by atoms with Crippen molar-refractivity contribution in [2.45, 2.75) is 13.8 Å². The lowest BCUT2D eigenvalue weighted by Crippen LogP contribution is -1.93. The lowest BCUT2D eigenvalue weighted by atomic mass is 10.0. The molecule has 0 aliphatic carbocycles. The molecule has 5 heteroatoms. The molecule has 0 atom stereocenters. The summed E-state index contributed by atoms with van der Waals surface area (Å²) >= 11 is 1.60. The molecule has 0 spiro atoms. The third kappa shape index (κ3) is 3.26. The summed E-state index contributed by atoms with van der Waals surface area (Å²) in [5, 5.41) is 3.05. The Morgan fingerprint density at radius 2 is 1.65 bits per heavy atom. The van der Waals surface area contributed by atoms with Gasteiger partial charge in [0.1, 0.15) is 22.7 Å². The molecule has 2 aromatic heterocycles. The van der Waals surface area contributed by atoms with E-state index in [1.165, 1.54) is 5.56 Å². The fraction of sp³-hybridized carbons (Fsp3) is 0.143. The number of nitrogens with zero attached hydrogens (tertiary/aromatic N) is 2. The van der Waals surface area contributed by atoms with Crippen molar-refractivity contribution in [1.82, 2.24) is 9.97 Å². The molecule has 0 aliphatic heterocycles.